The Morgan fingerprint density at radius 1 is 1.07 bits per heavy atom. The molecule has 2 aromatic carbocycles. The van der Waals surface area contributed by atoms with Crippen molar-refractivity contribution in [1.29, 1.82) is 0 Å². The van der Waals surface area contributed by atoms with Crippen molar-refractivity contribution in [2.45, 2.75) is 20.4 Å². The van der Waals surface area contributed by atoms with Crippen molar-refractivity contribution < 1.29 is 9.53 Å². The van der Waals surface area contributed by atoms with Gasteiger partial charge in [0.15, 0.2) is 10.8 Å². The quantitative estimate of drug-likeness (QED) is 0.438. The summed E-state index contributed by atoms with van der Waals surface area (Å²) in [6, 6.07) is 14.1. The van der Waals surface area contributed by atoms with Gasteiger partial charge in [0.2, 0.25) is 0 Å². The Hall–Kier alpha value is -3.46. The number of carbonyl (C=O) groups excluding carboxylic acids is 1. The molecule has 3 N–H and O–H groups in total. The molecule has 150 valence electrons. The first-order chi connectivity index (χ1) is 14.0. The lowest BCUT2D eigenvalue weighted by atomic mass is 10.1. The van der Waals surface area contributed by atoms with E-state index in [0.29, 0.717) is 23.9 Å². The number of fused-ring (bicyclic) bond motifs is 1. The van der Waals surface area contributed by atoms with E-state index in [1.54, 1.807) is 31.2 Å². The third-order valence-electron chi connectivity index (χ3n) is 4.10. The molecule has 1 aromatic heterocycles. The van der Waals surface area contributed by atoms with Crippen molar-refractivity contribution in [3.8, 4) is 5.75 Å². The molecule has 1 heterocycles. The van der Waals surface area contributed by atoms with Gasteiger partial charge in [-0.15, -0.1) is 0 Å². The number of aryl methyl sites for hydroxylation is 1. The van der Waals surface area contributed by atoms with Gasteiger partial charge in [0.1, 0.15) is 5.75 Å². The van der Waals surface area contributed by atoms with Crippen LogP contribution in [0.1, 0.15) is 24.3 Å². The number of amides is 1. The number of carbonyl (C=O) groups is 1. The van der Waals surface area contributed by atoms with Crippen LogP contribution in [0.25, 0.3) is 10.8 Å². The molecular formula is C20H21N5O3S. The Morgan fingerprint density at radius 3 is 2.41 bits per heavy atom. The van der Waals surface area contributed by atoms with E-state index in [1.165, 1.54) is 4.68 Å². The Bertz CT molecular complexity index is 1100. The number of nitrogens with one attached hydrogen (secondary N) is 3. The van der Waals surface area contributed by atoms with Crippen LogP contribution < -0.4 is 26.5 Å². The third-order valence-corrected chi connectivity index (χ3v) is 4.30. The normalized spacial score (nSPS) is 10.4. The zero-order chi connectivity index (χ0) is 20.8. The number of thiocarbonyl (C=S) groups is 1. The molecule has 0 aliphatic carbocycles. The van der Waals surface area contributed by atoms with Gasteiger partial charge in [-0.2, -0.15) is 5.10 Å². The van der Waals surface area contributed by atoms with E-state index in [4.69, 9.17) is 17.0 Å². The first-order valence-electron chi connectivity index (χ1n) is 9.13. The topological polar surface area (TPSA) is 97.3 Å². The molecule has 0 aliphatic rings. The van der Waals surface area contributed by atoms with Crippen LogP contribution in [0.2, 0.25) is 0 Å². The van der Waals surface area contributed by atoms with Crippen molar-refractivity contribution in [2.75, 3.05) is 11.9 Å². The molecular weight excluding hydrogens is 390 g/mol. The second kappa shape index (κ2) is 9.16. The Kier molecular flexibility index (Phi) is 6.40. The third kappa shape index (κ3) is 4.69. The largest absolute Gasteiger partial charge is 0.494 e. The van der Waals surface area contributed by atoms with Crippen LogP contribution in [0.5, 0.6) is 5.75 Å². The molecule has 0 unspecified atom stereocenters. The van der Waals surface area contributed by atoms with E-state index >= 15 is 0 Å². The highest BCUT2D eigenvalue weighted by atomic mass is 32.1. The van der Waals surface area contributed by atoms with Crippen LogP contribution >= 0.6 is 12.2 Å². The molecule has 0 saturated heterocycles. The molecule has 0 aliphatic heterocycles. The highest BCUT2D eigenvalue weighted by Gasteiger charge is 2.16. The molecule has 0 atom stereocenters. The van der Waals surface area contributed by atoms with Crippen LogP contribution in [0.15, 0.2) is 53.3 Å². The van der Waals surface area contributed by atoms with Crippen molar-refractivity contribution in [1.82, 2.24) is 20.6 Å². The number of nitrogens with zero attached hydrogens (tertiary/aromatic N) is 2. The predicted molar refractivity (Wildman–Crippen MR) is 116 cm³/mol. The van der Waals surface area contributed by atoms with Crippen LogP contribution in [-0.2, 0) is 6.54 Å². The fourth-order valence-corrected chi connectivity index (χ4v) is 2.92. The summed E-state index contributed by atoms with van der Waals surface area (Å²) in [5, 5.41) is 8.26. The van der Waals surface area contributed by atoms with Crippen LogP contribution in [0.3, 0.4) is 0 Å². The van der Waals surface area contributed by atoms with Crippen molar-refractivity contribution in [3.63, 3.8) is 0 Å². The maximum Gasteiger partial charge on any atom is 0.290 e. The van der Waals surface area contributed by atoms with Crippen LogP contribution in [-0.4, -0.2) is 27.4 Å². The van der Waals surface area contributed by atoms with Gasteiger partial charge in [-0.05, 0) is 56.4 Å². The number of hydrogen-bond donors (Lipinski definition) is 3. The summed E-state index contributed by atoms with van der Waals surface area (Å²) in [7, 11) is 0. The average Bonchev–Trinajstić information content (AvgIpc) is 2.74. The lowest BCUT2D eigenvalue weighted by molar-refractivity contribution is 0.0938. The van der Waals surface area contributed by atoms with Gasteiger partial charge in [-0.1, -0.05) is 18.2 Å². The first-order valence-corrected chi connectivity index (χ1v) is 9.54. The monoisotopic (exact) mass is 411 g/mol. The molecule has 0 radical (unpaired) electrons. The van der Waals surface area contributed by atoms with Gasteiger partial charge < -0.3 is 10.1 Å². The minimum atomic E-state index is -0.501. The lowest BCUT2D eigenvalue weighted by Crippen LogP contribution is -2.44. The molecule has 1 amide bonds. The summed E-state index contributed by atoms with van der Waals surface area (Å²) >= 11 is 5.21. The second-order valence-electron chi connectivity index (χ2n) is 6.01. The van der Waals surface area contributed by atoms with Gasteiger partial charge in [-0.3, -0.25) is 20.4 Å². The van der Waals surface area contributed by atoms with E-state index in [2.05, 4.69) is 21.3 Å². The number of hydrazine groups is 1. The molecule has 29 heavy (non-hydrogen) atoms. The number of anilines is 1. The summed E-state index contributed by atoms with van der Waals surface area (Å²) in [5.74, 6) is 0.258. The van der Waals surface area contributed by atoms with Crippen molar-refractivity contribution >= 4 is 39.7 Å². The summed E-state index contributed by atoms with van der Waals surface area (Å²) in [5.41, 5.74) is 5.81. The molecule has 3 aromatic rings. The molecule has 9 heteroatoms. The van der Waals surface area contributed by atoms with E-state index in [1.807, 2.05) is 31.2 Å². The number of benzene rings is 2. The van der Waals surface area contributed by atoms with E-state index in [0.717, 1.165) is 11.4 Å². The fourth-order valence-electron chi connectivity index (χ4n) is 2.75. The fraction of sp³-hybridized carbons (Fsp3) is 0.200. The molecule has 0 spiro atoms. The highest BCUT2D eigenvalue weighted by Crippen LogP contribution is 2.15. The smallest absolute Gasteiger partial charge is 0.290 e. The SMILES string of the molecule is CCOc1ccc(NC(=S)NNC(=O)c2nn(CC)c(=O)c3ccccc23)cc1. The second-order valence-corrected chi connectivity index (χ2v) is 6.41. The van der Waals surface area contributed by atoms with E-state index < -0.39 is 5.91 Å². The highest BCUT2D eigenvalue weighted by molar-refractivity contribution is 7.80. The Labute approximate surface area is 172 Å². The molecule has 0 saturated carbocycles. The standard InChI is InChI=1S/C20H21N5O3S/c1-3-25-19(27)16-8-6-5-7-15(16)17(24-25)18(26)22-23-20(29)21-13-9-11-14(12-10-13)28-4-2/h5-12H,3-4H2,1-2H3,(H,22,26)(H2,21,23,29). The van der Waals surface area contributed by atoms with E-state index in [-0.39, 0.29) is 16.4 Å². The van der Waals surface area contributed by atoms with Gasteiger partial charge in [0.25, 0.3) is 11.5 Å². The zero-order valence-corrected chi connectivity index (χ0v) is 16.9. The van der Waals surface area contributed by atoms with Gasteiger partial charge >= 0.3 is 0 Å². The first kappa shape index (κ1) is 20.3. The number of aromatic nitrogens is 2. The predicted octanol–water partition coefficient (Wildman–Crippen LogP) is 2.45. The summed E-state index contributed by atoms with van der Waals surface area (Å²) in [6.45, 7) is 4.65. The lowest BCUT2D eigenvalue weighted by Gasteiger charge is -2.13. The molecule has 0 fully saturated rings. The average molecular weight is 411 g/mol. The molecule has 8 nitrogen and oxygen atoms in total. The number of ether oxygens (including phenoxy) is 1. The van der Waals surface area contributed by atoms with Gasteiger partial charge in [0.05, 0.1) is 12.0 Å². The summed E-state index contributed by atoms with van der Waals surface area (Å²) in [4.78, 5) is 25.0. The van der Waals surface area contributed by atoms with Gasteiger partial charge in [0, 0.05) is 17.6 Å². The van der Waals surface area contributed by atoms with Crippen molar-refractivity contribution in [2.24, 2.45) is 0 Å². The van der Waals surface area contributed by atoms with E-state index in [9.17, 15) is 9.59 Å². The summed E-state index contributed by atoms with van der Waals surface area (Å²) < 4.78 is 6.65. The van der Waals surface area contributed by atoms with Crippen molar-refractivity contribution in [3.05, 3.63) is 64.6 Å². The Morgan fingerprint density at radius 2 is 1.76 bits per heavy atom. The number of hydrogen-bond acceptors (Lipinski definition) is 5. The Balaban J connectivity index is 1.70. The van der Waals surface area contributed by atoms with Gasteiger partial charge in [-0.25, -0.2) is 4.68 Å². The number of rotatable bonds is 5. The molecule has 0 bridgehead atoms. The zero-order valence-electron chi connectivity index (χ0n) is 16.1. The maximum absolute atomic E-state index is 12.7. The minimum Gasteiger partial charge on any atom is -0.494 e. The molecule has 3 rings (SSSR count). The maximum atomic E-state index is 12.7. The minimum absolute atomic E-state index is 0.137. The summed E-state index contributed by atoms with van der Waals surface area (Å²) in [6.07, 6.45) is 0. The van der Waals surface area contributed by atoms with Crippen LogP contribution in [0.4, 0.5) is 5.69 Å². The van der Waals surface area contributed by atoms with Crippen LogP contribution in [0, 0.1) is 0 Å².